The van der Waals surface area contributed by atoms with Crippen molar-refractivity contribution in [1.29, 1.82) is 5.26 Å². The van der Waals surface area contributed by atoms with Gasteiger partial charge in [-0.15, -0.1) is 11.3 Å². The fourth-order valence-electron chi connectivity index (χ4n) is 2.95. The molecule has 2 aromatic heterocycles. The number of carbonyl (C=O) groups is 1. The van der Waals surface area contributed by atoms with E-state index in [2.05, 4.69) is 26.2 Å². The molecule has 0 spiro atoms. The van der Waals surface area contributed by atoms with Crippen LogP contribution in [0.5, 0.6) is 0 Å². The number of thiazole rings is 1. The maximum atomic E-state index is 12.6. The number of furan rings is 1. The number of carbonyl (C=O) groups excluding carboxylic acids is 1. The lowest BCUT2D eigenvalue weighted by atomic mass is 10.1. The van der Waals surface area contributed by atoms with Crippen LogP contribution in [0.2, 0.25) is 5.02 Å². The van der Waals surface area contributed by atoms with Crippen molar-refractivity contribution in [3.63, 3.8) is 0 Å². The zero-order valence-electron chi connectivity index (χ0n) is 16.5. The third-order valence-corrected chi connectivity index (χ3v) is 6.13. The Morgan fingerprint density at radius 1 is 1.22 bits per heavy atom. The van der Waals surface area contributed by atoms with E-state index in [1.54, 1.807) is 18.3 Å². The van der Waals surface area contributed by atoms with Gasteiger partial charge in [-0.05, 0) is 42.0 Å². The highest BCUT2D eigenvalue weighted by Crippen LogP contribution is 2.26. The Morgan fingerprint density at radius 3 is 2.78 bits per heavy atom. The van der Waals surface area contributed by atoms with E-state index in [4.69, 9.17) is 16.0 Å². The number of hydrogen-bond donors (Lipinski definition) is 1. The molecule has 1 amide bonds. The van der Waals surface area contributed by atoms with Gasteiger partial charge in [0.05, 0.1) is 0 Å². The van der Waals surface area contributed by atoms with Crippen LogP contribution in [0.25, 0.3) is 17.4 Å². The van der Waals surface area contributed by atoms with Crippen LogP contribution in [-0.4, -0.2) is 10.9 Å². The van der Waals surface area contributed by atoms with Crippen LogP contribution in [-0.2, 0) is 11.2 Å². The fourth-order valence-corrected chi connectivity index (χ4v) is 4.27. The normalized spacial score (nSPS) is 11.2. The van der Waals surface area contributed by atoms with E-state index >= 15 is 0 Å². The van der Waals surface area contributed by atoms with E-state index in [1.807, 2.05) is 54.6 Å². The van der Waals surface area contributed by atoms with Gasteiger partial charge in [-0.3, -0.25) is 10.1 Å². The van der Waals surface area contributed by atoms with Crippen LogP contribution < -0.4 is 5.32 Å². The third kappa shape index (κ3) is 5.54. The third-order valence-electron chi connectivity index (χ3n) is 4.45. The molecule has 0 aliphatic heterocycles. The van der Waals surface area contributed by atoms with Gasteiger partial charge in [-0.1, -0.05) is 51.8 Å². The summed E-state index contributed by atoms with van der Waals surface area (Å²) in [7, 11) is 0. The molecule has 2 aromatic carbocycles. The van der Waals surface area contributed by atoms with E-state index in [-0.39, 0.29) is 5.57 Å². The van der Waals surface area contributed by atoms with Gasteiger partial charge in [0.1, 0.15) is 23.2 Å². The summed E-state index contributed by atoms with van der Waals surface area (Å²) in [6.45, 7) is 0. The molecule has 32 heavy (non-hydrogen) atoms. The van der Waals surface area contributed by atoms with Gasteiger partial charge in [-0.25, -0.2) is 4.98 Å². The molecule has 0 aliphatic rings. The zero-order valence-corrected chi connectivity index (χ0v) is 19.7. The molecule has 4 rings (SSSR count). The zero-order chi connectivity index (χ0) is 22.5. The van der Waals surface area contributed by atoms with Gasteiger partial charge < -0.3 is 4.42 Å². The predicted molar refractivity (Wildman–Crippen MR) is 130 cm³/mol. The van der Waals surface area contributed by atoms with E-state index in [9.17, 15) is 10.1 Å². The van der Waals surface area contributed by atoms with Gasteiger partial charge in [0.2, 0.25) is 0 Å². The number of rotatable bonds is 6. The highest BCUT2D eigenvalue weighted by molar-refractivity contribution is 9.10. The quantitative estimate of drug-likeness (QED) is 0.218. The highest BCUT2D eigenvalue weighted by atomic mass is 79.9. The number of nitrogens with one attached hydrogen (secondary N) is 1. The van der Waals surface area contributed by atoms with Crippen LogP contribution >= 0.6 is 38.9 Å². The van der Waals surface area contributed by atoms with Crippen molar-refractivity contribution in [2.75, 3.05) is 5.32 Å². The SMILES string of the molecule is N#CC(=Cc1ccc(-c2ccc(Br)cc2)o1)C(=O)Nc1ncc(Cc2cccc(Cl)c2)s1. The molecule has 0 unspecified atom stereocenters. The summed E-state index contributed by atoms with van der Waals surface area (Å²) in [4.78, 5) is 17.8. The van der Waals surface area contributed by atoms with Crippen LogP contribution in [0.15, 0.2) is 81.3 Å². The summed E-state index contributed by atoms with van der Waals surface area (Å²) in [5.74, 6) is 0.514. The minimum Gasteiger partial charge on any atom is -0.457 e. The number of hydrogen-bond acceptors (Lipinski definition) is 5. The summed E-state index contributed by atoms with van der Waals surface area (Å²) in [6.07, 6.45) is 3.77. The number of halogens is 2. The Labute approximate surface area is 202 Å². The second-order valence-corrected chi connectivity index (χ2v) is 9.24. The van der Waals surface area contributed by atoms with E-state index < -0.39 is 5.91 Å². The van der Waals surface area contributed by atoms with E-state index in [0.29, 0.717) is 28.1 Å². The van der Waals surface area contributed by atoms with Crippen molar-refractivity contribution in [3.05, 3.63) is 98.1 Å². The molecular formula is C24H15BrClN3O2S. The Bertz CT molecular complexity index is 1340. The number of nitriles is 1. The number of amides is 1. The average Bonchev–Trinajstić information content (AvgIpc) is 3.42. The lowest BCUT2D eigenvalue weighted by molar-refractivity contribution is -0.112. The molecular weight excluding hydrogens is 510 g/mol. The molecule has 0 fully saturated rings. The Morgan fingerprint density at radius 2 is 2.03 bits per heavy atom. The first kappa shape index (κ1) is 22.0. The largest absolute Gasteiger partial charge is 0.457 e. The Hall–Kier alpha value is -3.18. The van der Waals surface area contributed by atoms with Gasteiger partial charge >= 0.3 is 0 Å². The maximum absolute atomic E-state index is 12.6. The molecule has 0 aliphatic carbocycles. The fraction of sp³-hybridized carbons (Fsp3) is 0.0417. The van der Waals surface area contributed by atoms with Crippen LogP contribution in [0.1, 0.15) is 16.2 Å². The van der Waals surface area contributed by atoms with Crippen molar-refractivity contribution in [3.8, 4) is 17.4 Å². The Kier molecular flexibility index (Phi) is 6.86. The van der Waals surface area contributed by atoms with Gasteiger partial charge in [-0.2, -0.15) is 5.26 Å². The van der Waals surface area contributed by atoms with Crippen LogP contribution in [0.4, 0.5) is 5.13 Å². The van der Waals surface area contributed by atoms with Crippen molar-refractivity contribution >= 4 is 56.0 Å². The van der Waals surface area contributed by atoms with Crippen LogP contribution in [0, 0.1) is 11.3 Å². The summed E-state index contributed by atoms with van der Waals surface area (Å²) >= 11 is 10.8. The highest BCUT2D eigenvalue weighted by Gasteiger charge is 2.14. The molecule has 0 saturated carbocycles. The summed E-state index contributed by atoms with van der Waals surface area (Å²) in [5.41, 5.74) is 1.87. The average molecular weight is 525 g/mol. The van der Waals surface area contributed by atoms with Gasteiger partial charge in [0.15, 0.2) is 5.13 Å². The first-order chi connectivity index (χ1) is 15.5. The van der Waals surface area contributed by atoms with Crippen molar-refractivity contribution < 1.29 is 9.21 Å². The van der Waals surface area contributed by atoms with Crippen molar-refractivity contribution in [1.82, 2.24) is 4.98 Å². The molecule has 0 atom stereocenters. The predicted octanol–water partition coefficient (Wildman–Crippen LogP) is 6.96. The number of benzene rings is 2. The molecule has 0 radical (unpaired) electrons. The lowest BCUT2D eigenvalue weighted by Gasteiger charge is -2.00. The first-order valence-corrected chi connectivity index (χ1v) is 11.5. The molecule has 0 saturated heterocycles. The van der Waals surface area contributed by atoms with Crippen LogP contribution in [0.3, 0.4) is 0 Å². The topological polar surface area (TPSA) is 78.9 Å². The summed E-state index contributed by atoms with van der Waals surface area (Å²) in [6, 6.07) is 20.7. The second kappa shape index (κ2) is 9.96. The minimum absolute atomic E-state index is 0.0757. The monoisotopic (exact) mass is 523 g/mol. The molecule has 2 heterocycles. The molecule has 4 aromatic rings. The minimum atomic E-state index is -0.544. The molecule has 8 heteroatoms. The molecule has 0 bridgehead atoms. The Balaban J connectivity index is 1.44. The van der Waals surface area contributed by atoms with E-state index in [0.717, 1.165) is 20.5 Å². The molecule has 158 valence electrons. The summed E-state index contributed by atoms with van der Waals surface area (Å²) < 4.78 is 6.74. The second-order valence-electron chi connectivity index (χ2n) is 6.77. The van der Waals surface area contributed by atoms with Crippen molar-refractivity contribution in [2.45, 2.75) is 6.42 Å². The number of nitrogens with zero attached hydrogens (tertiary/aromatic N) is 2. The standard InChI is InChI=1S/C24H15BrClN3O2S/c25-18-6-4-16(5-7-18)22-9-8-20(31-22)12-17(13-27)23(30)29-24-28-14-21(32-24)11-15-2-1-3-19(26)10-15/h1-10,12,14H,11H2,(H,28,29,30). The van der Waals surface area contributed by atoms with Gasteiger partial charge in [0, 0.05) is 38.6 Å². The molecule has 5 nitrogen and oxygen atoms in total. The van der Waals surface area contributed by atoms with E-state index in [1.165, 1.54) is 17.4 Å². The summed E-state index contributed by atoms with van der Waals surface area (Å²) in [5, 5.41) is 13.2. The first-order valence-electron chi connectivity index (χ1n) is 9.48. The molecule has 1 N–H and O–H groups in total. The number of anilines is 1. The lowest BCUT2D eigenvalue weighted by Crippen LogP contribution is -2.13. The maximum Gasteiger partial charge on any atom is 0.268 e. The smallest absolute Gasteiger partial charge is 0.268 e. The van der Waals surface area contributed by atoms with Gasteiger partial charge in [0.25, 0.3) is 5.91 Å². The van der Waals surface area contributed by atoms with Crippen molar-refractivity contribution in [2.24, 2.45) is 0 Å². The number of aromatic nitrogens is 1.